The van der Waals surface area contributed by atoms with Crippen molar-refractivity contribution in [1.82, 2.24) is 5.32 Å². The Labute approximate surface area is 89.1 Å². The molecule has 2 N–H and O–H groups in total. The molecule has 80 valence electrons. The summed E-state index contributed by atoms with van der Waals surface area (Å²) in [6.45, 7) is 1.85. The van der Waals surface area contributed by atoms with E-state index in [1.807, 2.05) is 0 Å². The van der Waals surface area contributed by atoms with Crippen molar-refractivity contribution in [1.29, 1.82) is 0 Å². The van der Waals surface area contributed by atoms with E-state index >= 15 is 0 Å². The second-order valence-electron chi connectivity index (χ2n) is 3.94. The Bertz CT molecular complexity index is 339. The fraction of sp³-hybridized carbons (Fsp3) is 0.417. The first kappa shape index (κ1) is 10.2. The van der Waals surface area contributed by atoms with Gasteiger partial charge in [-0.05, 0) is 50.2 Å². The van der Waals surface area contributed by atoms with Gasteiger partial charge in [0.15, 0.2) is 5.78 Å². The first-order valence-electron chi connectivity index (χ1n) is 5.31. The summed E-state index contributed by atoms with van der Waals surface area (Å²) in [5.41, 5.74) is 0.708. The van der Waals surface area contributed by atoms with E-state index in [1.54, 1.807) is 24.3 Å². The Morgan fingerprint density at radius 1 is 1.20 bits per heavy atom. The largest absolute Gasteiger partial charge is 0.508 e. The van der Waals surface area contributed by atoms with Gasteiger partial charge in [-0.15, -0.1) is 0 Å². The van der Waals surface area contributed by atoms with Crippen LogP contribution < -0.4 is 5.32 Å². The van der Waals surface area contributed by atoms with Gasteiger partial charge >= 0.3 is 0 Å². The van der Waals surface area contributed by atoms with Crippen molar-refractivity contribution < 1.29 is 9.90 Å². The van der Waals surface area contributed by atoms with Gasteiger partial charge in [-0.25, -0.2) is 0 Å². The topological polar surface area (TPSA) is 49.3 Å². The Morgan fingerprint density at radius 2 is 1.80 bits per heavy atom. The normalized spacial score (nSPS) is 17.6. The summed E-state index contributed by atoms with van der Waals surface area (Å²) in [5, 5.41) is 12.4. The molecule has 0 amide bonds. The minimum absolute atomic E-state index is 0.149. The van der Waals surface area contributed by atoms with Gasteiger partial charge in [0.05, 0.1) is 0 Å². The molecule has 1 saturated heterocycles. The predicted octanol–water partition coefficient (Wildman–Crippen LogP) is 1.57. The van der Waals surface area contributed by atoms with Gasteiger partial charge < -0.3 is 10.4 Å². The van der Waals surface area contributed by atoms with Crippen molar-refractivity contribution in [2.45, 2.75) is 12.8 Å². The van der Waals surface area contributed by atoms with E-state index < -0.39 is 0 Å². The molecular formula is C12H15NO2. The maximum atomic E-state index is 12.0. The van der Waals surface area contributed by atoms with Crippen LogP contribution in [-0.4, -0.2) is 24.0 Å². The highest BCUT2D eigenvalue weighted by Crippen LogP contribution is 2.19. The number of hydrogen-bond acceptors (Lipinski definition) is 3. The summed E-state index contributed by atoms with van der Waals surface area (Å²) in [4.78, 5) is 12.0. The first-order valence-corrected chi connectivity index (χ1v) is 5.31. The third-order valence-electron chi connectivity index (χ3n) is 2.86. The van der Waals surface area contributed by atoms with Crippen molar-refractivity contribution in [2.75, 3.05) is 13.1 Å². The quantitative estimate of drug-likeness (QED) is 0.721. The molecule has 1 aliphatic rings. The molecule has 3 heteroatoms. The molecule has 0 bridgehead atoms. The molecule has 15 heavy (non-hydrogen) atoms. The predicted molar refractivity (Wildman–Crippen MR) is 58.0 cm³/mol. The van der Waals surface area contributed by atoms with E-state index in [0.29, 0.717) is 5.56 Å². The maximum absolute atomic E-state index is 12.0. The molecule has 1 aromatic rings. The van der Waals surface area contributed by atoms with Crippen LogP contribution in [0.15, 0.2) is 24.3 Å². The molecule has 0 aromatic heterocycles. The highest BCUT2D eigenvalue weighted by Gasteiger charge is 2.21. The summed E-state index contributed by atoms with van der Waals surface area (Å²) in [6, 6.07) is 6.52. The highest BCUT2D eigenvalue weighted by atomic mass is 16.3. The van der Waals surface area contributed by atoms with Crippen LogP contribution in [0.5, 0.6) is 5.75 Å². The van der Waals surface area contributed by atoms with Crippen LogP contribution in [0.25, 0.3) is 0 Å². The van der Waals surface area contributed by atoms with E-state index in [9.17, 15) is 4.79 Å². The van der Waals surface area contributed by atoms with Gasteiger partial charge in [0, 0.05) is 11.5 Å². The van der Waals surface area contributed by atoms with Crippen LogP contribution in [0.3, 0.4) is 0 Å². The molecule has 0 unspecified atom stereocenters. The molecule has 0 radical (unpaired) electrons. The zero-order valence-corrected chi connectivity index (χ0v) is 8.57. The monoisotopic (exact) mass is 205 g/mol. The Hall–Kier alpha value is -1.35. The number of carbonyl (C=O) groups excluding carboxylic acids is 1. The average molecular weight is 205 g/mol. The third kappa shape index (κ3) is 2.36. The number of rotatable bonds is 2. The SMILES string of the molecule is O=C(c1ccc(O)cc1)C1CCNCC1. The molecule has 1 fully saturated rings. The van der Waals surface area contributed by atoms with Crippen LogP contribution >= 0.6 is 0 Å². The van der Waals surface area contributed by atoms with E-state index in [2.05, 4.69) is 5.32 Å². The summed E-state index contributed by atoms with van der Waals surface area (Å²) in [5.74, 6) is 0.559. The number of piperidine rings is 1. The van der Waals surface area contributed by atoms with Crippen molar-refractivity contribution in [2.24, 2.45) is 5.92 Å². The fourth-order valence-corrected chi connectivity index (χ4v) is 1.95. The van der Waals surface area contributed by atoms with Crippen LogP contribution in [0.2, 0.25) is 0 Å². The fourth-order valence-electron chi connectivity index (χ4n) is 1.95. The second kappa shape index (κ2) is 4.45. The minimum Gasteiger partial charge on any atom is -0.508 e. The lowest BCUT2D eigenvalue weighted by Gasteiger charge is -2.21. The molecule has 0 atom stereocenters. The van der Waals surface area contributed by atoms with Crippen LogP contribution in [-0.2, 0) is 0 Å². The number of phenols is 1. The van der Waals surface area contributed by atoms with Crippen molar-refractivity contribution >= 4 is 5.78 Å². The second-order valence-corrected chi connectivity index (χ2v) is 3.94. The van der Waals surface area contributed by atoms with Gasteiger partial charge in [0.2, 0.25) is 0 Å². The number of benzene rings is 1. The number of Topliss-reactive ketones (excluding diaryl/α,β-unsaturated/α-hetero) is 1. The van der Waals surface area contributed by atoms with Gasteiger partial charge in [-0.3, -0.25) is 4.79 Å². The average Bonchev–Trinajstić information content (AvgIpc) is 2.30. The number of carbonyl (C=O) groups is 1. The molecule has 2 rings (SSSR count). The molecule has 1 aliphatic heterocycles. The summed E-state index contributed by atoms with van der Waals surface area (Å²) in [7, 11) is 0. The van der Waals surface area contributed by atoms with Crippen LogP contribution in [0.4, 0.5) is 0 Å². The standard InChI is InChI=1S/C12H15NO2/c14-11-3-1-9(2-4-11)12(15)10-5-7-13-8-6-10/h1-4,10,13-14H,5-8H2. The van der Waals surface area contributed by atoms with E-state index in [0.717, 1.165) is 25.9 Å². The smallest absolute Gasteiger partial charge is 0.166 e. The van der Waals surface area contributed by atoms with E-state index in [-0.39, 0.29) is 17.5 Å². The highest BCUT2D eigenvalue weighted by molar-refractivity contribution is 5.98. The lowest BCUT2D eigenvalue weighted by molar-refractivity contribution is 0.0895. The lowest BCUT2D eigenvalue weighted by atomic mass is 9.90. The molecule has 0 aliphatic carbocycles. The molecular weight excluding hydrogens is 190 g/mol. The zero-order chi connectivity index (χ0) is 10.7. The molecule has 1 aromatic carbocycles. The van der Waals surface area contributed by atoms with Gasteiger partial charge in [0.25, 0.3) is 0 Å². The number of aromatic hydroxyl groups is 1. The van der Waals surface area contributed by atoms with Crippen LogP contribution in [0, 0.1) is 5.92 Å². The zero-order valence-electron chi connectivity index (χ0n) is 8.57. The van der Waals surface area contributed by atoms with Gasteiger partial charge in [-0.1, -0.05) is 0 Å². The van der Waals surface area contributed by atoms with Crippen molar-refractivity contribution in [3.8, 4) is 5.75 Å². The lowest BCUT2D eigenvalue weighted by Crippen LogP contribution is -2.31. The molecule has 0 spiro atoms. The summed E-state index contributed by atoms with van der Waals surface area (Å²) in [6.07, 6.45) is 1.83. The van der Waals surface area contributed by atoms with Gasteiger partial charge in [-0.2, -0.15) is 0 Å². The van der Waals surface area contributed by atoms with E-state index in [1.165, 1.54) is 0 Å². The first-order chi connectivity index (χ1) is 7.27. The summed E-state index contributed by atoms with van der Waals surface area (Å²) < 4.78 is 0. The number of phenolic OH excluding ortho intramolecular Hbond substituents is 1. The number of nitrogens with one attached hydrogen (secondary N) is 1. The van der Waals surface area contributed by atoms with E-state index in [4.69, 9.17) is 5.11 Å². The van der Waals surface area contributed by atoms with Crippen molar-refractivity contribution in [3.05, 3.63) is 29.8 Å². The Kier molecular flexibility index (Phi) is 3.02. The minimum atomic E-state index is 0.149. The molecule has 3 nitrogen and oxygen atoms in total. The molecule has 0 saturated carbocycles. The summed E-state index contributed by atoms with van der Waals surface area (Å²) >= 11 is 0. The number of ketones is 1. The Balaban J connectivity index is 2.09. The third-order valence-corrected chi connectivity index (χ3v) is 2.86. The van der Waals surface area contributed by atoms with Crippen LogP contribution in [0.1, 0.15) is 23.2 Å². The molecule has 1 heterocycles. The maximum Gasteiger partial charge on any atom is 0.166 e. The van der Waals surface area contributed by atoms with Gasteiger partial charge in [0.1, 0.15) is 5.75 Å². The Morgan fingerprint density at radius 3 is 2.40 bits per heavy atom. The number of hydrogen-bond donors (Lipinski definition) is 2. The van der Waals surface area contributed by atoms with Crippen molar-refractivity contribution in [3.63, 3.8) is 0 Å².